The van der Waals surface area contributed by atoms with Gasteiger partial charge in [0.2, 0.25) is 5.91 Å². The van der Waals surface area contributed by atoms with Gasteiger partial charge < -0.3 is 10.2 Å². The van der Waals surface area contributed by atoms with Crippen LogP contribution in [0.1, 0.15) is 28.1 Å². The van der Waals surface area contributed by atoms with Gasteiger partial charge in [0, 0.05) is 29.9 Å². The molecule has 1 N–H and O–H groups in total. The summed E-state index contributed by atoms with van der Waals surface area (Å²) in [5.74, 6) is 0.0404. The van der Waals surface area contributed by atoms with E-state index in [4.69, 9.17) is 0 Å². The van der Waals surface area contributed by atoms with Crippen LogP contribution < -0.4 is 10.2 Å². The summed E-state index contributed by atoms with van der Waals surface area (Å²) in [5.41, 5.74) is 4.77. The number of amides is 2. The number of thiophene rings is 1. The molecule has 0 saturated carbocycles. The van der Waals surface area contributed by atoms with Gasteiger partial charge in [0.25, 0.3) is 5.91 Å². The van der Waals surface area contributed by atoms with Crippen molar-refractivity contribution in [2.75, 3.05) is 16.8 Å². The highest BCUT2D eigenvalue weighted by Gasteiger charge is 2.21. The molecule has 27 heavy (non-hydrogen) atoms. The van der Waals surface area contributed by atoms with E-state index in [-0.39, 0.29) is 11.8 Å². The van der Waals surface area contributed by atoms with Crippen molar-refractivity contribution in [1.82, 2.24) is 0 Å². The van der Waals surface area contributed by atoms with Crippen LogP contribution in [0.3, 0.4) is 0 Å². The Morgan fingerprint density at radius 3 is 2.44 bits per heavy atom. The van der Waals surface area contributed by atoms with Crippen molar-refractivity contribution in [3.05, 3.63) is 70.4 Å². The van der Waals surface area contributed by atoms with Crippen LogP contribution in [0.25, 0.3) is 11.1 Å². The number of rotatable bonds is 4. The minimum atomic E-state index is -0.120. The molecule has 1 fully saturated rings. The lowest BCUT2D eigenvalue weighted by Crippen LogP contribution is -2.23. The summed E-state index contributed by atoms with van der Waals surface area (Å²) < 4.78 is 0. The second-order valence-electron chi connectivity index (χ2n) is 6.68. The SMILES string of the molecule is Cc1ccc(-c2ccsc2C(=O)Nc2ccc(N3CCCC3=O)cc2)cc1. The van der Waals surface area contributed by atoms with Crippen molar-refractivity contribution < 1.29 is 9.59 Å². The molecule has 5 heteroatoms. The number of carbonyl (C=O) groups excluding carboxylic acids is 2. The first kappa shape index (κ1) is 17.5. The van der Waals surface area contributed by atoms with Gasteiger partial charge in [0.1, 0.15) is 0 Å². The van der Waals surface area contributed by atoms with Gasteiger partial charge in [-0.15, -0.1) is 11.3 Å². The largest absolute Gasteiger partial charge is 0.321 e. The molecule has 3 aromatic rings. The third kappa shape index (κ3) is 3.64. The Labute approximate surface area is 162 Å². The van der Waals surface area contributed by atoms with E-state index < -0.39 is 0 Å². The predicted molar refractivity (Wildman–Crippen MR) is 110 cm³/mol. The zero-order valence-electron chi connectivity index (χ0n) is 15.1. The summed E-state index contributed by atoms with van der Waals surface area (Å²) in [6, 6.07) is 17.6. The number of hydrogen-bond donors (Lipinski definition) is 1. The predicted octanol–water partition coefficient (Wildman–Crippen LogP) is 5.10. The van der Waals surface area contributed by atoms with E-state index >= 15 is 0 Å². The zero-order chi connectivity index (χ0) is 18.8. The molecule has 0 radical (unpaired) electrons. The van der Waals surface area contributed by atoms with Gasteiger partial charge in [0.05, 0.1) is 4.88 Å². The van der Waals surface area contributed by atoms with Crippen molar-refractivity contribution in [1.29, 1.82) is 0 Å². The summed E-state index contributed by atoms with van der Waals surface area (Å²) in [4.78, 5) is 27.1. The number of hydrogen-bond acceptors (Lipinski definition) is 3. The highest BCUT2D eigenvalue weighted by molar-refractivity contribution is 7.12. The van der Waals surface area contributed by atoms with Crippen LogP contribution in [0.15, 0.2) is 60.0 Å². The van der Waals surface area contributed by atoms with Crippen molar-refractivity contribution in [2.45, 2.75) is 19.8 Å². The molecular formula is C22H20N2O2S. The standard InChI is InChI=1S/C22H20N2O2S/c1-15-4-6-16(7-5-15)19-12-14-27-21(19)22(26)23-17-8-10-18(11-9-17)24-13-2-3-20(24)25/h4-12,14H,2-3,13H2,1H3,(H,23,26). The molecule has 1 aromatic heterocycles. The van der Waals surface area contributed by atoms with Crippen molar-refractivity contribution >= 4 is 34.5 Å². The third-order valence-corrected chi connectivity index (χ3v) is 5.66. The molecule has 0 unspecified atom stereocenters. The first-order valence-corrected chi connectivity index (χ1v) is 9.86. The van der Waals surface area contributed by atoms with Crippen LogP contribution in [-0.4, -0.2) is 18.4 Å². The first-order chi connectivity index (χ1) is 13.1. The second-order valence-corrected chi connectivity index (χ2v) is 7.60. The molecule has 1 aliphatic heterocycles. The lowest BCUT2D eigenvalue weighted by Gasteiger charge is -2.16. The summed E-state index contributed by atoms with van der Waals surface area (Å²) in [7, 11) is 0. The monoisotopic (exact) mass is 376 g/mol. The molecule has 2 heterocycles. The molecule has 0 aliphatic carbocycles. The van der Waals surface area contributed by atoms with E-state index in [1.54, 1.807) is 4.90 Å². The number of aryl methyl sites for hydroxylation is 1. The van der Waals surface area contributed by atoms with Gasteiger partial charge in [0.15, 0.2) is 0 Å². The molecule has 1 saturated heterocycles. The Morgan fingerprint density at radius 2 is 1.78 bits per heavy atom. The van der Waals surface area contributed by atoms with Crippen LogP contribution in [0.4, 0.5) is 11.4 Å². The Bertz CT molecular complexity index is 974. The summed E-state index contributed by atoms with van der Waals surface area (Å²) in [5, 5.41) is 4.90. The van der Waals surface area contributed by atoms with Gasteiger partial charge in [-0.2, -0.15) is 0 Å². The smallest absolute Gasteiger partial charge is 0.266 e. The van der Waals surface area contributed by atoms with E-state index in [1.807, 2.05) is 66.9 Å². The maximum Gasteiger partial charge on any atom is 0.266 e. The van der Waals surface area contributed by atoms with E-state index in [0.29, 0.717) is 11.3 Å². The Hall–Kier alpha value is -2.92. The lowest BCUT2D eigenvalue weighted by molar-refractivity contribution is -0.117. The number of nitrogens with one attached hydrogen (secondary N) is 1. The summed E-state index contributed by atoms with van der Waals surface area (Å²) in [6.07, 6.45) is 1.51. The Balaban J connectivity index is 1.51. The Morgan fingerprint density at radius 1 is 1.04 bits per heavy atom. The average Bonchev–Trinajstić information content (AvgIpc) is 3.32. The lowest BCUT2D eigenvalue weighted by atomic mass is 10.0. The van der Waals surface area contributed by atoms with Crippen LogP contribution in [0.2, 0.25) is 0 Å². The van der Waals surface area contributed by atoms with E-state index in [9.17, 15) is 9.59 Å². The molecule has 1 aliphatic rings. The minimum Gasteiger partial charge on any atom is -0.321 e. The molecule has 136 valence electrons. The van der Waals surface area contributed by atoms with E-state index in [1.165, 1.54) is 16.9 Å². The molecule has 4 nitrogen and oxygen atoms in total. The van der Waals surface area contributed by atoms with Gasteiger partial charge in [-0.3, -0.25) is 9.59 Å². The van der Waals surface area contributed by atoms with E-state index in [0.717, 1.165) is 35.5 Å². The minimum absolute atomic E-state index is 0.120. The topological polar surface area (TPSA) is 49.4 Å². The molecule has 2 amide bonds. The number of anilines is 2. The highest BCUT2D eigenvalue weighted by atomic mass is 32.1. The molecule has 0 bridgehead atoms. The number of nitrogens with zero attached hydrogens (tertiary/aromatic N) is 1. The fourth-order valence-electron chi connectivity index (χ4n) is 3.28. The van der Waals surface area contributed by atoms with Crippen LogP contribution in [0, 0.1) is 6.92 Å². The average molecular weight is 376 g/mol. The highest BCUT2D eigenvalue weighted by Crippen LogP contribution is 2.30. The summed E-state index contributed by atoms with van der Waals surface area (Å²) >= 11 is 1.43. The van der Waals surface area contributed by atoms with E-state index in [2.05, 4.69) is 5.32 Å². The quantitative estimate of drug-likeness (QED) is 0.688. The maximum absolute atomic E-state index is 12.8. The second kappa shape index (κ2) is 7.37. The van der Waals surface area contributed by atoms with Crippen LogP contribution >= 0.6 is 11.3 Å². The van der Waals surface area contributed by atoms with Gasteiger partial charge in [-0.1, -0.05) is 29.8 Å². The molecular weight excluding hydrogens is 356 g/mol. The fraction of sp³-hybridized carbons (Fsp3) is 0.182. The van der Waals surface area contributed by atoms with Crippen molar-refractivity contribution in [3.63, 3.8) is 0 Å². The van der Waals surface area contributed by atoms with Gasteiger partial charge in [-0.05, 0) is 54.6 Å². The fourth-order valence-corrected chi connectivity index (χ4v) is 4.09. The van der Waals surface area contributed by atoms with Gasteiger partial charge in [-0.25, -0.2) is 0 Å². The number of benzene rings is 2. The maximum atomic E-state index is 12.8. The van der Waals surface area contributed by atoms with Crippen LogP contribution in [0.5, 0.6) is 0 Å². The molecule has 4 rings (SSSR count). The van der Waals surface area contributed by atoms with Crippen molar-refractivity contribution in [3.8, 4) is 11.1 Å². The van der Waals surface area contributed by atoms with Gasteiger partial charge >= 0.3 is 0 Å². The first-order valence-electron chi connectivity index (χ1n) is 8.98. The van der Waals surface area contributed by atoms with Crippen molar-refractivity contribution in [2.24, 2.45) is 0 Å². The molecule has 0 spiro atoms. The number of carbonyl (C=O) groups is 2. The zero-order valence-corrected chi connectivity index (χ0v) is 15.9. The Kier molecular flexibility index (Phi) is 4.77. The normalized spacial score (nSPS) is 13.8. The molecule has 2 aromatic carbocycles. The molecule has 0 atom stereocenters. The third-order valence-electron chi connectivity index (χ3n) is 4.74. The van der Waals surface area contributed by atoms with Crippen LogP contribution in [-0.2, 0) is 4.79 Å². The summed E-state index contributed by atoms with van der Waals surface area (Å²) in [6.45, 7) is 2.81.